The zero-order chi connectivity index (χ0) is 19.7. The van der Waals surface area contributed by atoms with Crippen LogP contribution in [0.5, 0.6) is 11.5 Å². The third-order valence-corrected chi connectivity index (χ3v) is 4.47. The third-order valence-electron chi connectivity index (χ3n) is 4.47. The molecular weight excluding hydrogens is 367 g/mol. The summed E-state index contributed by atoms with van der Waals surface area (Å²) in [6, 6.07) is 9.42. The molecule has 0 saturated heterocycles. The van der Waals surface area contributed by atoms with Crippen LogP contribution in [-0.4, -0.2) is 34.0 Å². The Hall–Kier alpha value is -3.62. The lowest BCUT2D eigenvalue weighted by Gasteiger charge is -2.08. The lowest BCUT2D eigenvalue weighted by molar-refractivity contribution is 0.0953. The number of ether oxygens (including phenoxy) is 2. The molecule has 4 rings (SSSR count). The number of hydrogen-bond donors (Lipinski definition) is 2. The van der Waals surface area contributed by atoms with Crippen LogP contribution >= 0.6 is 0 Å². The molecule has 2 aromatic carbocycles. The number of carbonyl (C=O) groups is 1. The summed E-state index contributed by atoms with van der Waals surface area (Å²) in [5.74, 6) is 0.797. The highest BCUT2D eigenvalue weighted by atomic mass is 19.1. The van der Waals surface area contributed by atoms with Crippen LogP contribution in [0, 0.1) is 5.82 Å². The maximum absolute atomic E-state index is 14.1. The quantitative estimate of drug-likeness (QED) is 0.697. The number of halogens is 1. The fraction of sp³-hybridized carbons (Fsp3) is 0.211. The summed E-state index contributed by atoms with van der Waals surface area (Å²) in [6.07, 6.45) is 0.366. The number of rotatable bonds is 5. The SMILES string of the molecule is Cn1c(CCNC(=O)c2cc(F)cc(-c3ccc4c(c3)OCO4)c2)n[nH]c1=O. The first-order valence-corrected chi connectivity index (χ1v) is 8.60. The Labute approximate surface area is 158 Å². The first-order chi connectivity index (χ1) is 13.5. The summed E-state index contributed by atoms with van der Waals surface area (Å²) >= 11 is 0. The molecule has 0 radical (unpaired) electrons. The summed E-state index contributed by atoms with van der Waals surface area (Å²) in [5.41, 5.74) is 1.14. The van der Waals surface area contributed by atoms with Gasteiger partial charge in [-0.05, 0) is 41.5 Å². The third kappa shape index (κ3) is 3.46. The number of H-pyrrole nitrogens is 1. The molecule has 144 valence electrons. The molecule has 28 heavy (non-hydrogen) atoms. The van der Waals surface area contributed by atoms with Crippen LogP contribution in [0.2, 0.25) is 0 Å². The Morgan fingerprint density at radius 1 is 1.21 bits per heavy atom. The van der Waals surface area contributed by atoms with Crippen LogP contribution < -0.4 is 20.5 Å². The van der Waals surface area contributed by atoms with Gasteiger partial charge in [0.2, 0.25) is 6.79 Å². The van der Waals surface area contributed by atoms with Crippen molar-refractivity contribution in [1.82, 2.24) is 20.1 Å². The maximum atomic E-state index is 14.1. The van der Waals surface area contributed by atoms with E-state index in [0.717, 1.165) is 0 Å². The highest BCUT2D eigenvalue weighted by molar-refractivity contribution is 5.95. The van der Waals surface area contributed by atoms with Crippen LogP contribution in [0.15, 0.2) is 41.2 Å². The summed E-state index contributed by atoms with van der Waals surface area (Å²) in [7, 11) is 1.59. The number of benzene rings is 2. The van der Waals surface area contributed by atoms with Crippen LogP contribution in [0.1, 0.15) is 16.2 Å². The average Bonchev–Trinajstić information content (AvgIpc) is 3.28. The Kier molecular flexibility index (Phi) is 4.56. The van der Waals surface area contributed by atoms with Crippen LogP contribution in [0.25, 0.3) is 11.1 Å². The smallest absolute Gasteiger partial charge is 0.343 e. The van der Waals surface area contributed by atoms with Crippen molar-refractivity contribution in [2.75, 3.05) is 13.3 Å². The van der Waals surface area contributed by atoms with Gasteiger partial charge in [0.15, 0.2) is 11.5 Å². The van der Waals surface area contributed by atoms with E-state index in [4.69, 9.17) is 9.47 Å². The molecular formula is C19H17FN4O4. The van der Waals surface area contributed by atoms with Crippen molar-refractivity contribution in [1.29, 1.82) is 0 Å². The topological polar surface area (TPSA) is 98.2 Å². The minimum atomic E-state index is -0.519. The lowest BCUT2D eigenvalue weighted by Crippen LogP contribution is -2.27. The van der Waals surface area contributed by atoms with Crippen molar-refractivity contribution in [2.24, 2.45) is 7.05 Å². The van der Waals surface area contributed by atoms with Gasteiger partial charge in [0.05, 0.1) is 0 Å². The minimum absolute atomic E-state index is 0.150. The van der Waals surface area contributed by atoms with E-state index in [9.17, 15) is 14.0 Å². The highest BCUT2D eigenvalue weighted by Gasteiger charge is 2.16. The van der Waals surface area contributed by atoms with Gasteiger partial charge < -0.3 is 14.8 Å². The number of nitrogens with one attached hydrogen (secondary N) is 2. The van der Waals surface area contributed by atoms with Crippen molar-refractivity contribution in [3.63, 3.8) is 0 Å². The second-order valence-corrected chi connectivity index (χ2v) is 6.31. The van der Waals surface area contributed by atoms with E-state index in [1.165, 1.54) is 16.7 Å². The van der Waals surface area contributed by atoms with Crippen LogP contribution in [-0.2, 0) is 13.5 Å². The van der Waals surface area contributed by atoms with Gasteiger partial charge in [-0.1, -0.05) is 6.07 Å². The van der Waals surface area contributed by atoms with Gasteiger partial charge in [-0.3, -0.25) is 9.36 Å². The second-order valence-electron chi connectivity index (χ2n) is 6.31. The molecule has 9 heteroatoms. The summed E-state index contributed by atoms with van der Waals surface area (Å²) in [4.78, 5) is 23.8. The molecule has 0 bridgehead atoms. The highest BCUT2D eigenvalue weighted by Crippen LogP contribution is 2.36. The van der Waals surface area contributed by atoms with Crippen molar-refractivity contribution in [3.8, 4) is 22.6 Å². The number of carbonyl (C=O) groups excluding carboxylic acids is 1. The van der Waals surface area contributed by atoms with E-state index in [0.29, 0.717) is 34.9 Å². The molecule has 0 fully saturated rings. The average molecular weight is 384 g/mol. The van der Waals surface area contributed by atoms with Gasteiger partial charge in [-0.2, -0.15) is 5.10 Å². The number of hydrogen-bond acceptors (Lipinski definition) is 5. The first-order valence-electron chi connectivity index (χ1n) is 8.60. The number of fused-ring (bicyclic) bond motifs is 1. The minimum Gasteiger partial charge on any atom is -0.454 e. The van der Waals surface area contributed by atoms with Crippen molar-refractivity contribution in [3.05, 3.63) is 64.1 Å². The van der Waals surface area contributed by atoms with Crippen molar-refractivity contribution in [2.45, 2.75) is 6.42 Å². The Bertz CT molecular complexity index is 1110. The van der Waals surface area contributed by atoms with Gasteiger partial charge in [-0.15, -0.1) is 0 Å². The molecule has 2 heterocycles. The molecule has 0 saturated carbocycles. The summed E-state index contributed by atoms with van der Waals surface area (Å²) in [5, 5.41) is 8.92. The summed E-state index contributed by atoms with van der Waals surface area (Å²) in [6.45, 7) is 0.407. The van der Waals surface area contributed by atoms with Crippen molar-refractivity contribution >= 4 is 5.91 Å². The molecule has 0 unspecified atom stereocenters. The fourth-order valence-corrected chi connectivity index (χ4v) is 2.96. The van der Waals surface area contributed by atoms with Gasteiger partial charge in [0.25, 0.3) is 5.91 Å². The largest absolute Gasteiger partial charge is 0.454 e. The van der Waals surface area contributed by atoms with Gasteiger partial charge in [0.1, 0.15) is 11.6 Å². The van der Waals surface area contributed by atoms with E-state index in [1.807, 2.05) is 0 Å². The predicted molar refractivity (Wildman–Crippen MR) is 97.8 cm³/mol. The first kappa shape index (κ1) is 17.8. The molecule has 3 aromatic rings. The molecule has 1 amide bonds. The monoisotopic (exact) mass is 384 g/mol. The molecule has 0 atom stereocenters. The van der Waals surface area contributed by atoms with E-state index in [1.54, 1.807) is 31.3 Å². The van der Waals surface area contributed by atoms with E-state index in [2.05, 4.69) is 15.5 Å². The van der Waals surface area contributed by atoms with Gasteiger partial charge in [-0.25, -0.2) is 14.3 Å². The number of aromatic nitrogens is 3. The van der Waals surface area contributed by atoms with Crippen LogP contribution in [0.4, 0.5) is 4.39 Å². The Morgan fingerprint density at radius 3 is 2.82 bits per heavy atom. The summed E-state index contributed by atoms with van der Waals surface area (Å²) < 4.78 is 26.1. The Morgan fingerprint density at radius 2 is 2.04 bits per heavy atom. The molecule has 0 spiro atoms. The molecule has 0 aliphatic carbocycles. The van der Waals surface area contributed by atoms with Crippen molar-refractivity contribution < 1.29 is 18.7 Å². The second kappa shape index (κ2) is 7.18. The zero-order valence-corrected chi connectivity index (χ0v) is 15.0. The van der Waals surface area contributed by atoms with E-state index >= 15 is 0 Å². The molecule has 1 aliphatic heterocycles. The standard InChI is InChI=1S/C19H17FN4O4/c1-24-17(22-23-19(24)26)4-5-21-18(25)13-6-12(7-14(20)8-13)11-2-3-15-16(9-11)28-10-27-15/h2-3,6-9H,4-5,10H2,1H3,(H,21,25)(H,23,26). The predicted octanol–water partition coefficient (Wildman–Crippen LogP) is 1.62. The number of aromatic amines is 1. The van der Waals surface area contributed by atoms with Crippen LogP contribution in [0.3, 0.4) is 0 Å². The number of amides is 1. The zero-order valence-electron chi connectivity index (χ0n) is 15.0. The molecule has 1 aromatic heterocycles. The molecule has 2 N–H and O–H groups in total. The number of nitrogens with zero attached hydrogens (tertiary/aromatic N) is 2. The molecule has 8 nitrogen and oxygen atoms in total. The lowest BCUT2D eigenvalue weighted by atomic mass is 10.0. The maximum Gasteiger partial charge on any atom is 0.343 e. The van der Waals surface area contributed by atoms with E-state index in [-0.39, 0.29) is 24.6 Å². The normalized spacial score (nSPS) is 12.2. The fourth-order valence-electron chi connectivity index (χ4n) is 2.96. The van der Waals surface area contributed by atoms with Gasteiger partial charge >= 0.3 is 5.69 Å². The Balaban J connectivity index is 1.49. The van der Waals surface area contributed by atoms with E-state index < -0.39 is 11.7 Å². The molecule has 1 aliphatic rings. The van der Waals surface area contributed by atoms with Gasteiger partial charge in [0, 0.05) is 25.6 Å².